The number of alkyl halides is 1. The lowest BCUT2D eigenvalue weighted by molar-refractivity contribution is 0.237. The minimum absolute atomic E-state index is 0.0160. The number of nitrogens with one attached hydrogen (secondary N) is 2. The molecule has 2 aromatic rings. The average Bonchev–Trinajstić information content (AvgIpc) is 2.52. The molecule has 4 heteroatoms. The quantitative estimate of drug-likeness (QED) is 0.863. The lowest BCUT2D eigenvalue weighted by Crippen LogP contribution is -2.39. The lowest BCUT2D eigenvalue weighted by atomic mass is 9.99. The van der Waals surface area contributed by atoms with Crippen LogP contribution in [0.5, 0.6) is 0 Å². The molecule has 104 valence electrons. The van der Waals surface area contributed by atoms with Crippen molar-refractivity contribution < 1.29 is 9.18 Å². The van der Waals surface area contributed by atoms with Gasteiger partial charge in [0.1, 0.15) is 6.67 Å². The highest BCUT2D eigenvalue weighted by molar-refractivity contribution is 5.75. The fraction of sp³-hybridized carbons (Fsp3) is 0.188. The number of amides is 2. The molecular weight excluding hydrogens is 255 g/mol. The van der Waals surface area contributed by atoms with Crippen LogP contribution in [0.25, 0.3) is 0 Å². The number of hydrogen-bond acceptors (Lipinski definition) is 1. The van der Waals surface area contributed by atoms with Gasteiger partial charge in [0.2, 0.25) is 0 Å². The number of carbonyl (C=O) groups excluding carboxylic acids is 1. The van der Waals surface area contributed by atoms with Crippen molar-refractivity contribution in [2.24, 2.45) is 0 Å². The van der Waals surface area contributed by atoms with Gasteiger partial charge in [-0.3, -0.25) is 0 Å². The highest BCUT2D eigenvalue weighted by Crippen LogP contribution is 2.21. The van der Waals surface area contributed by atoms with Crippen molar-refractivity contribution in [2.45, 2.75) is 6.04 Å². The zero-order valence-corrected chi connectivity index (χ0v) is 11.1. The van der Waals surface area contributed by atoms with Crippen LogP contribution >= 0.6 is 0 Å². The number of benzene rings is 2. The van der Waals surface area contributed by atoms with Crippen LogP contribution in [0.1, 0.15) is 17.2 Å². The first-order valence-corrected chi connectivity index (χ1v) is 6.51. The molecule has 2 rings (SSSR count). The zero-order chi connectivity index (χ0) is 14.2. The third-order valence-corrected chi connectivity index (χ3v) is 2.92. The summed E-state index contributed by atoms with van der Waals surface area (Å²) in [6, 6.07) is 18.7. The predicted molar refractivity (Wildman–Crippen MR) is 77.2 cm³/mol. The first kappa shape index (κ1) is 14.1. The van der Waals surface area contributed by atoms with Crippen molar-refractivity contribution in [1.82, 2.24) is 10.6 Å². The number of carbonyl (C=O) groups is 1. The van der Waals surface area contributed by atoms with E-state index in [0.717, 1.165) is 11.1 Å². The molecule has 0 saturated heterocycles. The molecule has 0 aliphatic heterocycles. The topological polar surface area (TPSA) is 41.1 Å². The van der Waals surface area contributed by atoms with Crippen molar-refractivity contribution in [1.29, 1.82) is 0 Å². The van der Waals surface area contributed by atoms with Crippen LogP contribution in [0.4, 0.5) is 9.18 Å². The Morgan fingerprint density at radius 2 is 1.45 bits per heavy atom. The van der Waals surface area contributed by atoms with E-state index in [-0.39, 0.29) is 18.6 Å². The first-order chi connectivity index (χ1) is 9.81. The summed E-state index contributed by atoms with van der Waals surface area (Å²) in [5.74, 6) is 0. The minimum atomic E-state index is -0.575. The van der Waals surface area contributed by atoms with Crippen LogP contribution in [0, 0.1) is 0 Å². The van der Waals surface area contributed by atoms with Crippen molar-refractivity contribution >= 4 is 6.03 Å². The molecule has 0 aromatic heterocycles. The molecule has 2 aromatic carbocycles. The van der Waals surface area contributed by atoms with E-state index in [1.165, 1.54) is 0 Å². The summed E-state index contributed by atoms with van der Waals surface area (Å²) in [4.78, 5) is 11.8. The maximum Gasteiger partial charge on any atom is 0.315 e. The Morgan fingerprint density at radius 3 is 1.90 bits per heavy atom. The normalized spacial score (nSPS) is 10.3. The van der Waals surface area contributed by atoms with Crippen LogP contribution in [-0.2, 0) is 0 Å². The second-order valence-corrected chi connectivity index (χ2v) is 4.34. The molecule has 20 heavy (non-hydrogen) atoms. The van der Waals surface area contributed by atoms with E-state index in [4.69, 9.17) is 0 Å². The Kier molecular flexibility index (Phi) is 5.12. The van der Waals surface area contributed by atoms with Gasteiger partial charge in [0.05, 0.1) is 6.04 Å². The van der Waals surface area contributed by atoms with Gasteiger partial charge in [-0.05, 0) is 11.1 Å². The van der Waals surface area contributed by atoms with Crippen molar-refractivity contribution in [3.8, 4) is 0 Å². The van der Waals surface area contributed by atoms with E-state index in [0.29, 0.717) is 0 Å². The van der Waals surface area contributed by atoms with Crippen molar-refractivity contribution in [3.63, 3.8) is 0 Å². The van der Waals surface area contributed by atoms with Gasteiger partial charge in [-0.1, -0.05) is 60.7 Å². The Labute approximate surface area is 117 Å². The van der Waals surface area contributed by atoms with Gasteiger partial charge >= 0.3 is 6.03 Å². The standard InChI is InChI=1S/C16H17FN2O/c17-11-12-18-16(20)19-15(13-7-3-1-4-8-13)14-9-5-2-6-10-14/h1-10,15H,11-12H2,(H2,18,19,20). The van der Waals surface area contributed by atoms with Crippen LogP contribution in [0.2, 0.25) is 0 Å². The number of hydrogen-bond donors (Lipinski definition) is 2. The molecule has 2 amide bonds. The Hall–Kier alpha value is -2.36. The molecule has 0 saturated carbocycles. The van der Waals surface area contributed by atoms with E-state index in [9.17, 15) is 9.18 Å². The fourth-order valence-corrected chi connectivity index (χ4v) is 1.99. The smallest absolute Gasteiger partial charge is 0.315 e. The Balaban J connectivity index is 2.19. The second kappa shape index (κ2) is 7.28. The summed E-state index contributed by atoms with van der Waals surface area (Å²) in [6.07, 6.45) is 0. The summed E-state index contributed by atoms with van der Waals surface area (Å²) in [6.45, 7) is -0.559. The first-order valence-electron chi connectivity index (χ1n) is 6.51. The maximum atomic E-state index is 12.1. The van der Waals surface area contributed by atoms with E-state index in [1.807, 2.05) is 60.7 Å². The Bertz CT molecular complexity index is 491. The number of halogens is 1. The molecule has 0 spiro atoms. The van der Waals surface area contributed by atoms with Crippen LogP contribution in [-0.4, -0.2) is 19.3 Å². The molecule has 0 atom stereocenters. The van der Waals surface area contributed by atoms with Crippen LogP contribution in [0.3, 0.4) is 0 Å². The number of urea groups is 1. The molecule has 0 fully saturated rings. The second-order valence-electron chi connectivity index (χ2n) is 4.34. The van der Waals surface area contributed by atoms with Gasteiger partial charge in [-0.2, -0.15) is 0 Å². The summed E-state index contributed by atoms with van der Waals surface area (Å²) >= 11 is 0. The van der Waals surface area contributed by atoms with Gasteiger partial charge in [0.15, 0.2) is 0 Å². The predicted octanol–water partition coefficient (Wildman–Crippen LogP) is 3.04. The van der Waals surface area contributed by atoms with Gasteiger partial charge in [0, 0.05) is 6.54 Å². The van der Waals surface area contributed by atoms with E-state index < -0.39 is 6.67 Å². The van der Waals surface area contributed by atoms with Crippen molar-refractivity contribution in [3.05, 3.63) is 71.8 Å². The van der Waals surface area contributed by atoms with Crippen LogP contribution in [0.15, 0.2) is 60.7 Å². The zero-order valence-electron chi connectivity index (χ0n) is 11.1. The monoisotopic (exact) mass is 272 g/mol. The lowest BCUT2D eigenvalue weighted by Gasteiger charge is -2.20. The SMILES string of the molecule is O=C(NCCF)NC(c1ccccc1)c1ccccc1. The third-order valence-electron chi connectivity index (χ3n) is 2.92. The molecule has 2 N–H and O–H groups in total. The molecule has 0 unspecified atom stereocenters. The number of rotatable bonds is 5. The molecule has 3 nitrogen and oxygen atoms in total. The highest BCUT2D eigenvalue weighted by Gasteiger charge is 2.15. The summed E-state index contributed by atoms with van der Waals surface area (Å²) < 4.78 is 12.1. The minimum Gasteiger partial charge on any atom is -0.336 e. The van der Waals surface area contributed by atoms with Crippen molar-refractivity contribution in [2.75, 3.05) is 13.2 Å². The molecule has 0 radical (unpaired) electrons. The molecular formula is C16H17FN2O. The fourth-order valence-electron chi connectivity index (χ4n) is 1.99. The molecule has 0 bridgehead atoms. The van der Waals surface area contributed by atoms with Crippen LogP contribution < -0.4 is 10.6 Å². The highest BCUT2D eigenvalue weighted by atomic mass is 19.1. The molecule has 0 heterocycles. The summed E-state index contributed by atoms with van der Waals surface area (Å²) in [5.41, 5.74) is 1.96. The molecule has 0 aliphatic carbocycles. The maximum absolute atomic E-state index is 12.1. The van der Waals surface area contributed by atoms with E-state index in [2.05, 4.69) is 10.6 Å². The largest absolute Gasteiger partial charge is 0.336 e. The van der Waals surface area contributed by atoms with Gasteiger partial charge in [0.25, 0.3) is 0 Å². The van der Waals surface area contributed by atoms with Gasteiger partial charge in [-0.15, -0.1) is 0 Å². The Morgan fingerprint density at radius 1 is 0.950 bits per heavy atom. The van der Waals surface area contributed by atoms with E-state index >= 15 is 0 Å². The third kappa shape index (κ3) is 3.82. The van der Waals surface area contributed by atoms with Gasteiger partial charge < -0.3 is 10.6 Å². The van der Waals surface area contributed by atoms with E-state index in [1.54, 1.807) is 0 Å². The average molecular weight is 272 g/mol. The molecule has 0 aliphatic rings. The summed E-state index contributed by atoms with van der Waals surface area (Å²) in [7, 11) is 0. The summed E-state index contributed by atoms with van der Waals surface area (Å²) in [5, 5.41) is 5.34. The van der Waals surface area contributed by atoms with Gasteiger partial charge in [-0.25, -0.2) is 9.18 Å².